The molecule has 4 heteroatoms. The number of nitrogens with one attached hydrogen (secondary N) is 1. The van der Waals surface area contributed by atoms with E-state index in [0.717, 1.165) is 18.5 Å². The highest BCUT2D eigenvalue weighted by Crippen LogP contribution is 2.30. The van der Waals surface area contributed by atoms with E-state index in [9.17, 15) is 0 Å². The highest BCUT2D eigenvalue weighted by molar-refractivity contribution is 6.29. The summed E-state index contributed by atoms with van der Waals surface area (Å²) in [5.41, 5.74) is 3.50. The summed E-state index contributed by atoms with van der Waals surface area (Å²) in [6, 6.07) is 8.19. The van der Waals surface area contributed by atoms with Crippen LogP contribution in [0.1, 0.15) is 30.1 Å². The SMILES string of the molecule is Clc1ccc(NC2CCCc3cccnc32)cn1. The molecule has 0 amide bonds. The lowest BCUT2D eigenvalue weighted by molar-refractivity contribution is 0.583. The van der Waals surface area contributed by atoms with E-state index in [0.29, 0.717) is 5.15 Å². The molecule has 0 spiro atoms. The van der Waals surface area contributed by atoms with E-state index < -0.39 is 0 Å². The minimum atomic E-state index is 0.276. The predicted octanol–water partition coefficient (Wildman–Crippen LogP) is 3.62. The molecule has 1 atom stereocenters. The van der Waals surface area contributed by atoms with Crippen molar-refractivity contribution >= 4 is 17.3 Å². The van der Waals surface area contributed by atoms with E-state index in [1.807, 2.05) is 18.3 Å². The van der Waals surface area contributed by atoms with Crippen LogP contribution in [0.3, 0.4) is 0 Å². The average Bonchev–Trinajstić information content (AvgIpc) is 2.42. The number of halogens is 1. The predicted molar refractivity (Wildman–Crippen MR) is 72.8 cm³/mol. The molecule has 2 aromatic rings. The molecule has 0 aromatic carbocycles. The van der Waals surface area contributed by atoms with E-state index in [-0.39, 0.29) is 6.04 Å². The number of hydrogen-bond donors (Lipinski definition) is 1. The standard InChI is InChI=1S/C14H14ClN3/c15-13-7-6-11(9-17-13)18-12-5-1-3-10-4-2-8-16-14(10)12/h2,4,6-9,12,18H,1,3,5H2. The summed E-state index contributed by atoms with van der Waals surface area (Å²) in [6.07, 6.45) is 7.04. The van der Waals surface area contributed by atoms with Gasteiger partial charge in [0.25, 0.3) is 0 Å². The molecule has 3 nitrogen and oxygen atoms in total. The minimum Gasteiger partial charge on any atom is -0.375 e. The molecule has 0 saturated heterocycles. The Labute approximate surface area is 111 Å². The highest BCUT2D eigenvalue weighted by atomic mass is 35.5. The normalized spacial score (nSPS) is 18.2. The Balaban J connectivity index is 1.84. The van der Waals surface area contributed by atoms with E-state index in [4.69, 9.17) is 11.6 Å². The molecule has 92 valence electrons. The zero-order chi connectivity index (χ0) is 12.4. The number of rotatable bonds is 2. The van der Waals surface area contributed by atoms with Crippen LogP contribution in [0.2, 0.25) is 5.15 Å². The number of fused-ring (bicyclic) bond motifs is 1. The average molecular weight is 260 g/mol. The van der Waals surface area contributed by atoms with Crippen molar-refractivity contribution in [3.05, 3.63) is 53.1 Å². The number of anilines is 1. The van der Waals surface area contributed by atoms with E-state index in [1.165, 1.54) is 17.7 Å². The quantitative estimate of drug-likeness (QED) is 0.837. The highest BCUT2D eigenvalue weighted by Gasteiger charge is 2.20. The van der Waals surface area contributed by atoms with Crippen molar-refractivity contribution in [3.8, 4) is 0 Å². The van der Waals surface area contributed by atoms with Crippen molar-refractivity contribution < 1.29 is 0 Å². The number of aryl methyl sites for hydroxylation is 1. The van der Waals surface area contributed by atoms with E-state index in [2.05, 4.69) is 21.4 Å². The molecular weight excluding hydrogens is 246 g/mol. The van der Waals surface area contributed by atoms with Crippen molar-refractivity contribution in [2.24, 2.45) is 0 Å². The maximum atomic E-state index is 5.78. The number of hydrogen-bond acceptors (Lipinski definition) is 3. The number of aromatic nitrogens is 2. The molecule has 0 fully saturated rings. The van der Waals surface area contributed by atoms with Crippen molar-refractivity contribution in [3.63, 3.8) is 0 Å². The number of pyridine rings is 2. The van der Waals surface area contributed by atoms with Crippen LogP contribution < -0.4 is 5.32 Å². The summed E-state index contributed by atoms with van der Waals surface area (Å²) < 4.78 is 0. The Bertz CT molecular complexity index is 539. The largest absolute Gasteiger partial charge is 0.375 e. The summed E-state index contributed by atoms with van der Waals surface area (Å²) in [5.74, 6) is 0. The van der Waals surface area contributed by atoms with Gasteiger partial charge in [-0.3, -0.25) is 4.98 Å². The Morgan fingerprint density at radius 2 is 2.17 bits per heavy atom. The van der Waals surface area contributed by atoms with Crippen LogP contribution >= 0.6 is 11.6 Å². The second-order valence-corrected chi connectivity index (χ2v) is 4.89. The maximum Gasteiger partial charge on any atom is 0.129 e. The van der Waals surface area contributed by atoms with Gasteiger partial charge in [0.2, 0.25) is 0 Å². The molecule has 3 rings (SSSR count). The van der Waals surface area contributed by atoms with Gasteiger partial charge in [0, 0.05) is 6.20 Å². The molecule has 0 radical (unpaired) electrons. The van der Waals surface area contributed by atoms with Crippen LogP contribution in [0.5, 0.6) is 0 Å². The Kier molecular flexibility index (Phi) is 3.15. The van der Waals surface area contributed by atoms with Crippen LogP contribution in [-0.4, -0.2) is 9.97 Å². The summed E-state index contributed by atoms with van der Waals surface area (Å²) >= 11 is 5.78. The summed E-state index contributed by atoms with van der Waals surface area (Å²) in [6.45, 7) is 0. The van der Waals surface area contributed by atoms with Crippen LogP contribution in [0.4, 0.5) is 5.69 Å². The van der Waals surface area contributed by atoms with Crippen molar-refractivity contribution in [2.45, 2.75) is 25.3 Å². The van der Waals surface area contributed by atoms with Gasteiger partial charge in [-0.1, -0.05) is 17.7 Å². The van der Waals surface area contributed by atoms with Gasteiger partial charge in [-0.15, -0.1) is 0 Å². The lowest BCUT2D eigenvalue weighted by Crippen LogP contribution is -2.18. The van der Waals surface area contributed by atoms with Gasteiger partial charge in [-0.2, -0.15) is 0 Å². The lowest BCUT2D eigenvalue weighted by Gasteiger charge is -2.25. The summed E-state index contributed by atoms with van der Waals surface area (Å²) in [4.78, 5) is 8.59. The van der Waals surface area contributed by atoms with Crippen LogP contribution in [0.25, 0.3) is 0 Å². The molecule has 0 aliphatic heterocycles. The molecular formula is C14H14ClN3. The third-order valence-corrected chi connectivity index (χ3v) is 3.49. The minimum absolute atomic E-state index is 0.276. The van der Waals surface area contributed by atoms with Crippen molar-refractivity contribution in [2.75, 3.05) is 5.32 Å². The van der Waals surface area contributed by atoms with Crippen LogP contribution in [0, 0.1) is 0 Å². The first-order valence-electron chi connectivity index (χ1n) is 6.15. The molecule has 0 saturated carbocycles. The van der Waals surface area contributed by atoms with Gasteiger partial charge in [0.05, 0.1) is 23.6 Å². The molecule has 1 unspecified atom stereocenters. The maximum absolute atomic E-state index is 5.78. The zero-order valence-electron chi connectivity index (χ0n) is 9.94. The van der Waals surface area contributed by atoms with Crippen molar-refractivity contribution in [1.29, 1.82) is 0 Å². The first kappa shape index (κ1) is 11.5. The molecule has 2 heterocycles. The van der Waals surface area contributed by atoms with E-state index in [1.54, 1.807) is 12.3 Å². The van der Waals surface area contributed by atoms with Gasteiger partial charge in [0.1, 0.15) is 5.15 Å². The Morgan fingerprint density at radius 1 is 1.22 bits per heavy atom. The van der Waals surface area contributed by atoms with Gasteiger partial charge >= 0.3 is 0 Å². The van der Waals surface area contributed by atoms with Gasteiger partial charge < -0.3 is 5.32 Å². The van der Waals surface area contributed by atoms with Crippen LogP contribution in [0.15, 0.2) is 36.7 Å². The van der Waals surface area contributed by atoms with Crippen molar-refractivity contribution in [1.82, 2.24) is 9.97 Å². The first-order chi connectivity index (χ1) is 8.83. The fourth-order valence-corrected chi connectivity index (χ4v) is 2.52. The zero-order valence-corrected chi connectivity index (χ0v) is 10.7. The van der Waals surface area contributed by atoms with E-state index >= 15 is 0 Å². The molecule has 18 heavy (non-hydrogen) atoms. The van der Waals surface area contributed by atoms with Gasteiger partial charge in [-0.05, 0) is 43.0 Å². The Hall–Kier alpha value is -1.61. The molecule has 1 N–H and O–H groups in total. The van der Waals surface area contributed by atoms with Gasteiger partial charge in [-0.25, -0.2) is 4.98 Å². The van der Waals surface area contributed by atoms with Crippen LogP contribution in [-0.2, 0) is 6.42 Å². The third kappa shape index (κ3) is 2.31. The summed E-state index contributed by atoms with van der Waals surface area (Å²) in [7, 11) is 0. The third-order valence-electron chi connectivity index (χ3n) is 3.26. The molecule has 2 aromatic heterocycles. The molecule has 1 aliphatic rings. The summed E-state index contributed by atoms with van der Waals surface area (Å²) in [5, 5.41) is 4.00. The smallest absolute Gasteiger partial charge is 0.129 e. The number of nitrogens with zero attached hydrogens (tertiary/aromatic N) is 2. The molecule has 1 aliphatic carbocycles. The fourth-order valence-electron chi connectivity index (χ4n) is 2.41. The molecule has 0 bridgehead atoms. The Morgan fingerprint density at radius 3 is 3.00 bits per heavy atom. The second-order valence-electron chi connectivity index (χ2n) is 4.51. The fraction of sp³-hybridized carbons (Fsp3) is 0.286. The first-order valence-corrected chi connectivity index (χ1v) is 6.52. The lowest BCUT2D eigenvalue weighted by atomic mass is 9.92. The monoisotopic (exact) mass is 259 g/mol. The van der Waals surface area contributed by atoms with Gasteiger partial charge in [0.15, 0.2) is 0 Å². The topological polar surface area (TPSA) is 37.8 Å². The second kappa shape index (κ2) is 4.94.